The van der Waals surface area contributed by atoms with Gasteiger partial charge in [-0.05, 0) is 57.9 Å². The first-order valence-corrected chi connectivity index (χ1v) is 12.7. The van der Waals surface area contributed by atoms with E-state index in [1.54, 1.807) is 6.21 Å². The maximum atomic E-state index is 12.3. The fourth-order valence-electron chi connectivity index (χ4n) is 4.46. The summed E-state index contributed by atoms with van der Waals surface area (Å²) < 4.78 is 12.3. The van der Waals surface area contributed by atoms with Gasteiger partial charge in [-0.15, -0.1) is 0 Å². The molecule has 7 nitrogen and oxygen atoms in total. The molecular formula is C28H43N3O4. The number of hydrogen-bond donors (Lipinski definition) is 1. The Morgan fingerprint density at radius 2 is 1.89 bits per heavy atom. The molecule has 1 fully saturated rings. The summed E-state index contributed by atoms with van der Waals surface area (Å²) in [6, 6.07) is 2.13. The summed E-state index contributed by atoms with van der Waals surface area (Å²) in [4.78, 5) is 24.1. The Hall–Kier alpha value is -2.25. The van der Waals surface area contributed by atoms with Crippen LogP contribution in [0.25, 0.3) is 5.70 Å². The van der Waals surface area contributed by atoms with Crippen LogP contribution in [0.1, 0.15) is 79.0 Å². The van der Waals surface area contributed by atoms with Crippen molar-refractivity contribution in [1.82, 2.24) is 4.98 Å². The minimum absolute atomic E-state index is 0.242. The molecule has 194 valence electrons. The van der Waals surface area contributed by atoms with Gasteiger partial charge >= 0.3 is 5.97 Å². The molecule has 0 aliphatic carbocycles. The molecule has 0 spiro atoms. The zero-order valence-electron chi connectivity index (χ0n) is 22.7. The lowest BCUT2D eigenvalue weighted by molar-refractivity contribution is -0.187. The van der Waals surface area contributed by atoms with Crippen LogP contribution in [0.15, 0.2) is 23.3 Å². The first-order chi connectivity index (χ1) is 16.2. The number of rotatable bonds is 8. The number of hydrogen-bond acceptors (Lipinski definition) is 6. The van der Waals surface area contributed by atoms with Gasteiger partial charge in [0.25, 0.3) is 0 Å². The molecular weight excluding hydrogens is 442 g/mol. The summed E-state index contributed by atoms with van der Waals surface area (Å²) in [5.41, 5.74) is 2.38. The van der Waals surface area contributed by atoms with Gasteiger partial charge in [0.2, 0.25) is 0 Å². The van der Waals surface area contributed by atoms with Crippen LogP contribution >= 0.6 is 0 Å². The Bertz CT molecular complexity index is 967. The Labute approximate surface area is 210 Å². The molecule has 3 rings (SSSR count). The molecule has 0 bridgehead atoms. The standard InChI is InChI=1S/C28H43N3O4/c1-19(2)17-34-28(24(25(32)33)35-26(4,5)6)10-9-22(30-18-28)21-16-29-20(3)15-23(21)31-13-11-27(7,8)12-14-31/h9,15-16,18-19,24H,10-14,17H2,1-8H3,(H,32,33). The number of pyridine rings is 1. The van der Waals surface area contributed by atoms with E-state index >= 15 is 0 Å². The predicted octanol–water partition coefficient (Wildman–Crippen LogP) is 5.51. The van der Waals surface area contributed by atoms with E-state index in [9.17, 15) is 9.90 Å². The maximum Gasteiger partial charge on any atom is 0.336 e. The first-order valence-electron chi connectivity index (χ1n) is 12.7. The molecule has 2 unspecified atom stereocenters. The van der Waals surface area contributed by atoms with E-state index < -0.39 is 23.3 Å². The van der Waals surface area contributed by atoms with Gasteiger partial charge in [-0.2, -0.15) is 0 Å². The van der Waals surface area contributed by atoms with Crippen molar-refractivity contribution in [3.05, 3.63) is 29.6 Å². The molecule has 7 heteroatoms. The van der Waals surface area contributed by atoms with Gasteiger partial charge in [0.15, 0.2) is 6.10 Å². The third kappa shape index (κ3) is 6.91. The highest BCUT2D eigenvalue weighted by Gasteiger charge is 2.47. The molecule has 0 radical (unpaired) electrons. The summed E-state index contributed by atoms with van der Waals surface area (Å²) in [5.74, 6) is -0.813. The molecule has 0 amide bonds. The zero-order valence-corrected chi connectivity index (χ0v) is 22.7. The fourth-order valence-corrected chi connectivity index (χ4v) is 4.46. The van der Waals surface area contributed by atoms with Gasteiger partial charge in [0.05, 0.1) is 17.9 Å². The summed E-state index contributed by atoms with van der Waals surface area (Å²) in [7, 11) is 0. The summed E-state index contributed by atoms with van der Waals surface area (Å²) in [5, 5.41) is 10.1. The van der Waals surface area contributed by atoms with Crippen LogP contribution in [0.2, 0.25) is 0 Å². The van der Waals surface area contributed by atoms with Crippen molar-refractivity contribution < 1.29 is 19.4 Å². The second-order valence-corrected chi connectivity index (χ2v) is 12.2. The van der Waals surface area contributed by atoms with Gasteiger partial charge < -0.3 is 19.5 Å². The van der Waals surface area contributed by atoms with E-state index in [0.717, 1.165) is 48.6 Å². The number of ether oxygens (including phenoxy) is 2. The lowest BCUT2D eigenvalue weighted by Crippen LogP contribution is -2.55. The van der Waals surface area contributed by atoms with E-state index in [-0.39, 0.29) is 5.92 Å². The summed E-state index contributed by atoms with van der Waals surface area (Å²) in [6.45, 7) is 18.7. The van der Waals surface area contributed by atoms with Crippen molar-refractivity contribution in [2.45, 2.75) is 92.0 Å². The maximum absolute atomic E-state index is 12.3. The molecule has 3 heterocycles. The normalized spacial score (nSPS) is 23.3. The van der Waals surface area contributed by atoms with Gasteiger partial charge in [-0.3, -0.25) is 9.98 Å². The molecule has 0 saturated carbocycles. The molecule has 1 saturated heterocycles. The van der Waals surface area contributed by atoms with E-state index in [2.05, 4.69) is 29.8 Å². The highest BCUT2D eigenvalue weighted by Crippen LogP contribution is 2.38. The van der Waals surface area contributed by atoms with Crippen LogP contribution in [0.5, 0.6) is 0 Å². The Kier molecular flexibility index (Phi) is 8.12. The quantitative estimate of drug-likeness (QED) is 0.523. The third-order valence-electron chi connectivity index (χ3n) is 6.61. The number of carboxylic acids is 1. The molecule has 0 aromatic carbocycles. The Balaban J connectivity index is 1.94. The summed E-state index contributed by atoms with van der Waals surface area (Å²) in [6.07, 6.45) is 6.95. The van der Waals surface area contributed by atoms with E-state index in [0.29, 0.717) is 18.4 Å². The topological polar surface area (TPSA) is 84.2 Å². The summed E-state index contributed by atoms with van der Waals surface area (Å²) >= 11 is 0. The van der Waals surface area contributed by atoms with Crippen LogP contribution in [0, 0.1) is 18.3 Å². The third-order valence-corrected chi connectivity index (χ3v) is 6.61. The Morgan fingerprint density at radius 3 is 2.40 bits per heavy atom. The largest absolute Gasteiger partial charge is 0.479 e. The second-order valence-electron chi connectivity index (χ2n) is 12.2. The first kappa shape index (κ1) is 27.3. The Morgan fingerprint density at radius 1 is 1.23 bits per heavy atom. The van der Waals surface area contributed by atoms with Crippen molar-refractivity contribution in [3.63, 3.8) is 0 Å². The smallest absolute Gasteiger partial charge is 0.336 e. The molecule has 1 aromatic heterocycles. The highest BCUT2D eigenvalue weighted by atomic mass is 16.6. The molecule has 2 aliphatic heterocycles. The van der Waals surface area contributed by atoms with Crippen LogP contribution in [-0.4, -0.2) is 59.3 Å². The van der Waals surface area contributed by atoms with Crippen molar-refractivity contribution >= 4 is 23.6 Å². The number of carbonyl (C=O) groups is 1. The number of aliphatic carboxylic acids is 1. The minimum atomic E-state index is -1.18. The van der Waals surface area contributed by atoms with Crippen molar-refractivity contribution in [1.29, 1.82) is 0 Å². The lowest BCUT2D eigenvalue weighted by atomic mass is 9.82. The van der Waals surface area contributed by atoms with E-state index in [4.69, 9.17) is 14.5 Å². The molecule has 2 atom stereocenters. The average molecular weight is 486 g/mol. The van der Waals surface area contributed by atoms with Crippen LogP contribution in [0.4, 0.5) is 5.69 Å². The number of aromatic nitrogens is 1. The molecule has 2 aliphatic rings. The van der Waals surface area contributed by atoms with Crippen LogP contribution in [-0.2, 0) is 14.3 Å². The van der Waals surface area contributed by atoms with Crippen LogP contribution in [0.3, 0.4) is 0 Å². The lowest BCUT2D eigenvalue weighted by Gasteiger charge is -2.40. The number of aliphatic imine (C=N–C) groups is 1. The monoisotopic (exact) mass is 485 g/mol. The van der Waals surface area contributed by atoms with Crippen LogP contribution < -0.4 is 4.90 Å². The number of carboxylic acid groups (broad SMARTS) is 1. The van der Waals surface area contributed by atoms with E-state index in [1.165, 1.54) is 0 Å². The molecule has 1 aromatic rings. The molecule has 1 N–H and O–H groups in total. The number of piperidine rings is 1. The van der Waals surface area contributed by atoms with Gasteiger partial charge in [0, 0.05) is 48.9 Å². The number of aryl methyl sites for hydroxylation is 1. The average Bonchev–Trinajstić information content (AvgIpc) is 2.76. The SMILES string of the molecule is Cc1cc(N2CCC(C)(C)CC2)c(C2=CCC(OCC(C)C)(C(OC(C)(C)C)C(=O)O)C=N2)cn1. The zero-order chi connectivity index (χ0) is 26.0. The second kappa shape index (κ2) is 10.4. The van der Waals surface area contributed by atoms with Crippen molar-refractivity contribution in [3.8, 4) is 0 Å². The predicted molar refractivity (Wildman–Crippen MR) is 141 cm³/mol. The van der Waals surface area contributed by atoms with Gasteiger partial charge in [-0.1, -0.05) is 33.8 Å². The van der Waals surface area contributed by atoms with Crippen molar-refractivity contribution in [2.75, 3.05) is 24.6 Å². The minimum Gasteiger partial charge on any atom is -0.479 e. The van der Waals surface area contributed by atoms with E-state index in [1.807, 2.05) is 53.8 Å². The van der Waals surface area contributed by atoms with Gasteiger partial charge in [-0.25, -0.2) is 4.79 Å². The highest BCUT2D eigenvalue weighted by molar-refractivity contribution is 5.90. The number of nitrogens with zero attached hydrogens (tertiary/aromatic N) is 3. The van der Waals surface area contributed by atoms with Gasteiger partial charge in [0.1, 0.15) is 5.60 Å². The number of anilines is 1. The van der Waals surface area contributed by atoms with Crippen molar-refractivity contribution in [2.24, 2.45) is 16.3 Å². The fraction of sp³-hybridized carbons (Fsp3) is 0.679. The molecule has 35 heavy (non-hydrogen) atoms.